The van der Waals surface area contributed by atoms with Gasteiger partial charge in [-0.1, -0.05) is 0 Å². The molecule has 0 spiro atoms. The number of hydrogen-bond acceptors (Lipinski definition) is 8. The van der Waals surface area contributed by atoms with E-state index >= 15 is 0 Å². The molecule has 0 radical (unpaired) electrons. The van der Waals surface area contributed by atoms with Crippen LogP contribution in [0.15, 0.2) is 41.1 Å². The normalized spacial score (nSPS) is 14.1. The van der Waals surface area contributed by atoms with E-state index in [1.807, 2.05) is 6.07 Å². The quantitative estimate of drug-likeness (QED) is 0.502. The zero-order valence-electron chi connectivity index (χ0n) is 19.6. The number of nitrogens with zero attached hydrogens (tertiary/aromatic N) is 2. The van der Waals surface area contributed by atoms with Gasteiger partial charge in [-0.3, -0.25) is 9.78 Å². The van der Waals surface area contributed by atoms with Crippen molar-refractivity contribution >= 4 is 28.5 Å². The number of nitrogens with one attached hydrogen (secondary N) is 1. The number of carbonyl (C=O) groups excluding carboxylic acids is 2. The molecular formula is C25H29N3O6. The molecule has 180 valence electrons. The van der Waals surface area contributed by atoms with Gasteiger partial charge in [0.2, 0.25) is 5.91 Å². The molecule has 1 fully saturated rings. The Morgan fingerprint density at radius 3 is 2.53 bits per heavy atom. The van der Waals surface area contributed by atoms with Crippen LogP contribution in [0.5, 0.6) is 11.5 Å². The van der Waals surface area contributed by atoms with Crippen molar-refractivity contribution in [2.24, 2.45) is 5.92 Å². The van der Waals surface area contributed by atoms with E-state index in [9.17, 15) is 9.59 Å². The molecular weight excluding hydrogens is 438 g/mol. The Kier molecular flexibility index (Phi) is 7.20. The highest BCUT2D eigenvalue weighted by Gasteiger charge is 2.30. The third-order valence-electron chi connectivity index (χ3n) is 6.05. The first kappa shape index (κ1) is 23.4. The number of amides is 1. The SMILES string of the molecule is CCOC(=O)c1cnc2c(OC)ccc(OC)c2c1N1CCC(C(=O)NCc2ccco2)CC1. The Bertz CT molecular complexity index is 1150. The van der Waals surface area contributed by atoms with Crippen molar-refractivity contribution < 1.29 is 28.2 Å². The minimum atomic E-state index is -0.449. The highest BCUT2D eigenvalue weighted by Crippen LogP contribution is 2.41. The van der Waals surface area contributed by atoms with Crippen molar-refractivity contribution in [2.45, 2.75) is 26.3 Å². The number of carbonyl (C=O) groups is 2. The van der Waals surface area contributed by atoms with Gasteiger partial charge in [-0.15, -0.1) is 0 Å². The van der Waals surface area contributed by atoms with E-state index in [0.717, 1.165) is 0 Å². The van der Waals surface area contributed by atoms with Crippen molar-refractivity contribution in [1.29, 1.82) is 0 Å². The highest BCUT2D eigenvalue weighted by atomic mass is 16.5. The van der Waals surface area contributed by atoms with E-state index in [1.165, 1.54) is 6.20 Å². The molecule has 1 aliphatic heterocycles. The summed E-state index contributed by atoms with van der Waals surface area (Å²) in [6, 6.07) is 7.22. The number of furan rings is 1. The maximum atomic E-state index is 12.8. The molecule has 9 nitrogen and oxygen atoms in total. The fraction of sp³-hybridized carbons (Fsp3) is 0.400. The Morgan fingerprint density at radius 2 is 1.88 bits per heavy atom. The Hall–Kier alpha value is -3.75. The lowest BCUT2D eigenvalue weighted by Gasteiger charge is -2.34. The second kappa shape index (κ2) is 10.5. The zero-order valence-corrected chi connectivity index (χ0v) is 19.6. The third kappa shape index (κ3) is 4.64. The number of aromatic nitrogens is 1. The van der Waals surface area contributed by atoms with Gasteiger partial charge in [-0.05, 0) is 44.0 Å². The number of benzene rings is 1. The van der Waals surface area contributed by atoms with Crippen LogP contribution in [0.1, 0.15) is 35.9 Å². The lowest BCUT2D eigenvalue weighted by Crippen LogP contribution is -2.41. The zero-order chi connectivity index (χ0) is 24.1. The summed E-state index contributed by atoms with van der Waals surface area (Å²) in [5, 5.41) is 3.63. The monoisotopic (exact) mass is 467 g/mol. The van der Waals surface area contributed by atoms with Gasteiger partial charge in [-0.2, -0.15) is 0 Å². The average molecular weight is 468 g/mol. The van der Waals surface area contributed by atoms with E-state index < -0.39 is 5.97 Å². The van der Waals surface area contributed by atoms with Crippen LogP contribution in [0, 0.1) is 5.92 Å². The van der Waals surface area contributed by atoms with Gasteiger partial charge in [0.1, 0.15) is 28.3 Å². The lowest BCUT2D eigenvalue weighted by atomic mass is 9.94. The number of anilines is 1. The standard InChI is InChI=1S/C25H29N3O6/c1-4-33-25(30)18-15-26-22-20(32-3)8-7-19(31-2)21(22)23(18)28-11-9-16(10-12-28)24(29)27-14-17-6-5-13-34-17/h5-8,13,15-16H,4,9-12,14H2,1-3H3,(H,27,29). The molecule has 9 heteroatoms. The van der Waals surface area contributed by atoms with E-state index in [0.29, 0.717) is 71.9 Å². The summed E-state index contributed by atoms with van der Waals surface area (Å²) in [4.78, 5) is 32.2. The summed E-state index contributed by atoms with van der Waals surface area (Å²) < 4.78 is 21.7. The molecule has 3 aromatic rings. The fourth-order valence-electron chi connectivity index (χ4n) is 4.35. The van der Waals surface area contributed by atoms with Crippen molar-refractivity contribution in [3.63, 3.8) is 0 Å². The topological polar surface area (TPSA) is 103 Å². The number of ether oxygens (including phenoxy) is 3. The molecule has 1 N–H and O–H groups in total. The van der Waals surface area contributed by atoms with Gasteiger partial charge in [0.05, 0.1) is 44.7 Å². The Labute approximate surface area is 198 Å². The number of piperidine rings is 1. The van der Waals surface area contributed by atoms with Crippen LogP contribution < -0.4 is 19.7 Å². The molecule has 0 aliphatic carbocycles. The van der Waals surface area contributed by atoms with Crippen LogP contribution >= 0.6 is 0 Å². The largest absolute Gasteiger partial charge is 0.496 e. The van der Waals surface area contributed by atoms with Gasteiger partial charge in [0.25, 0.3) is 0 Å². The first-order chi connectivity index (χ1) is 16.6. The van der Waals surface area contributed by atoms with Crippen LogP contribution in [0.2, 0.25) is 0 Å². The number of esters is 1. The molecule has 1 aliphatic rings. The average Bonchev–Trinajstić information content (AvgIpc) is 3.40. The molecule has 1 amide bonds. The predicted molar refractivity (Wildman–Crippen MR) is 126 cm³/mol. The number of rotatable bonds is 8. The molecule has 0 atom stereocenters. The van der Waals surface area contributed by atoms with E-state index in [2.05, 4.69) is 15.2 Å². The fourth-order valence-corrected chi connectivity index (χ4v) is 4.35. The van der Waals surface area contributed by atoms with E-state index in [1.54, 1.807) is 45.6 Å². The first-order valence-electron chi connectivity index (χ1n) is 11.3. The molecule has 1 aromatic carbocycles. The molecule has 0 bridgehead atoms. The smallest absolute Gasteiger partial charge is 0.341 e. The van der Waals surface area contributed by atoms with Crippen LogP contribution in [0.4, 0.5) is 5.69 Å². The van der Waals surface area contributed by atoms with Gasteiger partial charge in [0, 0.05) is 25.2 Å². The maximum Gasteiger partial charge on any atom is 0.341 e. The summed E-state index contributed by atoms with van der Waals surface area (Å²) >= 11 is 0. The molecule has 1 saturated heterocycles. The van der Waals surface area contributed by atoms with Gasteiger partial charge >= 0.3 is 5.97 Å². The summed E-state index contributed by atoms with van der Waals surface area (Å²) in [5.41, 5.74) is 1.65. The van der Waals surface area contributed by atoms with Crippen molar-refractivity contribution in [2.75, 3.05) is 38.8 Å². The van der Waals surface area contributed by atoms with Gasteiger partial charge < -0.3 is 28.8 Å². The summed E-state index contributed by atoms with van der Waals surface area (Å²) in [6.45, 7) is 3.56. The van der Waals surface area contributed by atoms with Crippen LogP contribution in [-0.2, 0) is 16.1 Å². The molecule has 0 unspecified atom stereocenters. The van der Waals surface area contributed by atoms with Gasteiger partial charge in [0.15, 0.2) is 0 Å². The second-order valence-corrected chi connectivity index (χ2v) is 7.99. The number of pyridine rings is 1. The number of hydrogen-bond donors (Lipinski definition) is 1. The van der Waals surface area contributed by atoms with Crippen LogP contribution in [0.3, 0.4) is 0 Å². The van der Waals surface area contributed by atoms with Crippen LogP contribution in [0.25, 0.3) is 10.9 Å². The second-order valence-electron chi connectivity index (χ2n) is 7.99. The van der Waals surface area contributed by atoms with Crippen LogP contribution in [-0.4, -0.2) is 50.8 Å². The summed E-state index contributed by atoms with van der Waals surface area (Å²) in [7, 11) is 3.16. The minimum absolute atomic E-state index is 0.000465. The molecule has 34 heavy (non-hydrogen) atoms. The third-order valence-corrected chi connectivity index (χ3v) is 6.05. The van der Waals surface area contributed by atoms with Crippen molar-refractivity contribution in [3.05, 3.63) is 48.0 Å². The predicted octanol–water partition coefficient (Wildman–Crippen LogP) is 3.55. The molecule has 3 heterocycles. The summed E-state index contributed by atoms with van der Waals surface area (Å²) in [6.07, 6.45) is 4.40. The van der Waals surface area contributed by atoms with Gasteiger partial charge in [-0.25, -0.2) is 4.79 Å². The maximum absolute atomic E-state index is 12.8. The molecule has 2 aromatic heterocycles. The van der Waals surface area contributed by atoms with E-state index in [-0.39, 0.29) is 18.4 Å². The Morgan fingerprint density at radius 1 is 1.15 bits per heavy atom. The molecule has 4 rings (SSSR count). The molecule has 0 saturated carbocycles. The van der Waals surface area contributed by atoms with E-state index in [4.69, 9.17) is 18.6 Å². The Balaban J connectivity index is 1.63. The first-order valence-corrected chi connectivity index (χ1v) is 11.3. The lowest BCUT2D eigenvalue weighted by molar-refractivity contribution is -0.125. The van der Waals surface area contributed by atoms with Crippen molar-refractivity contribution in [3.8, 4) is 11.5 Å². The summed E-state index contributed by atoms with van der Waals surface area (Å²) in [5.74, 6) is 1.31. The number of fused-ring (bicyclic) bond motifs is 1. The minimum Gasteiger partial charge on any atom is -0.496 e. The highest BCUT2D eigenvalue weighted by molar-refractivity contribution is 6.09. The number of methoxy groups -OCH3 is 2. The van der Waals surface area contributed by atoms with Crippen molar-refractivity contribution in [1.82, 2.24) is 10.3 Å².